The van der Waals surface area contributed by atoms with Crippen molar-refractivity contribution in [3.8, 4) is 23.7 Å². The van der Waals surface area contributed by atoms with Gasteiger partial charge < -0.3 is 5.11 Å². The van der Waals surface area contributed by atoms with E-state index < -0.39 is 0 Å². The lowest BCUT2D eigenvalue weighted by atomic mass is 10.3. The van der Waals surface area contributed by atoms with Crippen LogP contribution in [0.3, 0.4) is 0 Å². The largest absolute Gasteiger partial charge is 0.396 e. The van der Waals surface area contributed by atoms with Gasteiger partial charge in [0.25, 0.3) is 0 Å². The Kier molecular flexibility index (Phi) is 7.34. The molecule has 1 nitrogen and oxygen atoms in total. The molecule has 0 aromatic carbocycles. The Hall–Kier alpha value is -0.920. The number of aliphatic hydroxyl groups excluding tert-OH is 1. The van der Waals surface area contributed by atoms with Crippen LogP contribution in [0.5, 0.6) is 0 Å². The van der Waals surface area contributed by atoms with Gasteiger partial charge in [0, 0.05) is 13.0 Å². The molecule has 0 saturated heterocycles. The quantitative estimate of drug-likeness (QED) is 0.446. The fourth-order valence-electron chi connectivity index (χ4n) is 0.451. The van der Waals surface area contributed by atoms with Crippen LogP contribution in [-0.4, -0.2) is 11.7 Å². The van der Waals surface area contributed by atoms with Gasteiger partial charge in [0.1, 0.15) is 0 Å². The van der Waals surface area contributed by atoms with E-state index in [4.69, 9.17) is 5.11 Å². The fourth-order valence-corrected chi connectivity index (χ4v) is 0.451. The van der Waals surface area contributed by atoms with E-state index in [0.717, 1.165) is 12.8 Å². The van der Waals surface area contributed by atoms with E-state index in [-0.39, 0.29) is 6.61 Å². The molecule has 0 amide bonds. The molecule has 1 N–H and O–H groups in total. The van der Waals surface area contributed by atoms with E-state index in [0.29, 0.717) is 6.42 Å². The zero-order chi connectivity index (χ0) is 7.66. The molecule has 0 saturated carbocycles. The molecule has 0 aromatic rings. The van der Waals surface area contributed by atoms with Crippen LogP contribution in [0.25, 0.3) is 0 Å². The summed E-state index contributed by atoms with van der Waals surface area (Å²) in [5, 5.41) is 8.37. The summed E-state index contributed by atoms with van der Waals surface area (Å²) in [6.07, 6.45) is 2.20. The Balaban J connectivity index is 3.20. The Morgan fingerprint density at radius 1 is 1.20 bits per heavy atom. The van der Waals surface area contributed by atoms with Crippen LogP contribution >= 0.6 is 0 Å². The van der Waals surface area contributed by atoms with Crippen molar-refractivity contribution in [2.45, 2.75) is 26.2 Å². The predicted octanol–water partition coefficient (Wildman–Crippen LogP) is 1.18. The molecule has 0 aliphatic rings. The molecule has 0 aliphatic heterocycles. The highest BCUT2D eigenvalue weighted by molar-refractivity contribution is 5.10. The van der Waals surface area contributed by atoms with Gasteiger partial charge in [-0.3, -0.25) is 0 Å². The second-order valence-electron chi connectivity index (χ2n) is 1.78. The van der Waals surface area contributed by atoms with Gasteiger partial charge in [0.05, 0.1) is 6.42 Å². The third kappa shape index (κ3) is 7.08. The maximum atomic E-state index is 8.37. The summed E-state index contributed by atoms with van der Waals surface area (Å²) in [5.74, 6) is 11.4. The van der Waals surface area contributed by atoms with E-state index in [1.807, 2.05) is 0 Å². The first-order valence-corrected chi connectivity index (χ1v) is 3.38. The van der Waals surface area contributed by atoms with Crippen LogP contribution in [0.4, 0.5) is 0 Å². The molecular weight excluding hydrogens is 124 g/mol. The van der Waals surface area contributed by atoms with Crippen LogP contribution in [0.15, 0.2) is 0 Å². The Morgan fingerprint density at radius 3 is 2.60 bits per heavy atom. The molecule has 0 fully saturated rings. The van der Waals surface area contributed by atoms with Crippen molar-refractivity contribution in [3.05, 3.63) is 0 Å². The molecule has 0 bridgehead atoms. The number of hydrogen-bond acceptors (Lipinski definition) is 1. The molecule has 0 aromatic heterocycles. The molecule has 10 heavy (non-hydrogen) atoms. The van der Waals surface area contributed by atoms with Gasteiger partial charge in [-0.05, 0) is 13.3 Å². The smallest absolute Gasteiger partial charge is 0.0702 e. The van der Waals surface area contributed by atoms with Crippen molar-refractivity contribution in [2.24, 2.45) is 0 Å². The van der Waals surface area contributed by atoms with E-state index in [1.54, 1.807) is 6.92 Å². The molecule has 0 atom stereocenters. The van der Waals surface area contributed by atoms with Gasteiger partial charge in [-0.15, -0.1) is 11.8 Å². The standard InChI is InChI=1S/C9H12O/c1-2-3-4-5-6-7-8-9-10/h10H,4,7-9H2,1H3. The van der Waals surface area contributed by atoms with E-state index in [1.165, 1.54) is 0 Å². The van der Waals surface area contributed by atoms with Crippen molar-refractivity contribution < 1.29 is 5.11 Å². The maximum absolute atomic E-state index is 8.37. The van der Waals surface area contributed by atoms with Gasteiger partial charge in [0.2, 0.25) is 0 Å². The highest BCUT2D eigenvalue weighted by atomic mass is 16.2. The highest BCUT2D eigenvalue weighted by Gasteiger charge is 1.75. The first-order valence-electron chi connectivity index (χ1n) is 3.38. The minimum Gasteiger partial charge on any atom is -0.396 e. The topological polar surface area (TPSA) is 20.2 Å². The van der Waals surface area contributed by atoms with E-state index in [9.17, 15) is 0 Å². The van der Waals surface area contributed by atoms with Crippen LogP contribution in [0.1, 0.15) is 26.2 Å². The minimum atomic E-state index is 0.230. The van der Waals surface area contributed by atoms with Gasteiger partial charge >= 0.3 is 0 Å². The third-order valence-electron chi connectivity index (χ3n) is 0.938. The summed E-state index contributed by atoms with van der Waals surface area (Å²) in [4.78, 5) is 0. The fraction of sp³-hybridized carbons (Fsp3) is 0.556. The molecule has 0 radical (unpaired) electrons. The van der Waals surface area contributed by atoms with Gasteiger partial charge in [-0.25, -0.2) is 0 Å². The van der Waals surface area contributed by atoms with Crippen molar-refractivity contribution in [3.63, 3.8) is 0 Å². The monoisotopic (exact) mass is 136 g/mol. The molecule has 0 heterocycles. The van der Waals surface area contributed by atoms with Gasteiger partial charge in [-0.1, -0.05) is 11.8 Å². The second-order valence-corrected chi connectivity index (χ2v) is 1.78. The summed E-state index contributed by atoms with van der Waals surface area (Å²) in [7, 11) is 0. The van der Waals surface area contributed by atoms with Crippen LogP contribution < -0.4 is 0 Å². The first-order chi connectivity index (χ1) is 4.91. The van der Waals surface area contributed by atoms with Gasteiger partial charge in [0.15, 0.2) is 0 Å². The van der Waals surface area contributed by atoms with Gasteiger partial charge in [-0.2, -0.15) is 0 Å². The number of aliphatic hydroxyl groups is 1. The average molecular weight is 136 g/mol. The summed E-state index contributed by atoms with van der Waals surface area (Å²) in [5.41, 5.74) is 0. The van der Waals surface area contributed by atoms with Crippen LogP contribution in [0, 0.1) is 23.7 Å². The Bertz CT molecular complexity index is 172. The lowest BCUT2D eigenvalue weighted by molar-refractivity contribution is 0.290. The minimum absolute atomic E-state index is 0.230. The lowest BCUT2D eigenvalue weighted by Crippen LogP contribution is -1.78. The normalized spacial score (nSPS) is 7.00. The first kappa shape index (κ1) is 9.08. The predicted molar refractivity (Wildman–Crippen MR) is 42.2 cm³/mol. The third-order valence-corrected chi connectivity index (χ3v) is 0.938. The molecule has 54 valence electrons. The van der Waals surface area contributed by atoms with Crippen molar-refractivity contribution in [1.82, 2.24) is 0 Å². The van der Waals surface area contributed by atoms with E-state index in [2.05, 4.69) is 23.7 Å². The zero-order valence-corrected chi connectivity index (χ0v) is 6.28. The number of unbranched alkanes of at least 4 members (excludes halogenated alkanes) is 1. The zero-order valence-electron chi connectivity index (χ0n) is 6.28. The number of hydrogen-bond donors (Lipinski definition) is 1. The Labute approximate surface area is 62.5 Å². The summed E-state index contributed by atoms with van der Waals surface area (Å²) >= 11 is 0. The Morgan fingerprint density at radius 2 is 2.00 bits per heavy atom. The number of rotatable bonds is 2. The second kappa shape index (κ2) is 8.08. The SMILES string of the molecule is CC#CCC#CCCCO. The van der Waals surface area contributed by atoms with Crippen LogP contribution in [0.2, 0.25) is 0 Å². The summed E-state index contributed by atoms with van der Waals surface area (Å²) in [6, 6.07) is 0. The average Bonchev–Trinajstić information content (AvgIpc) is 1.97. The molecule has 0 rings (SSSR count). The lowest BCUT2D eigenvalue weighted by Gasteiger charge is -1.81. The molecule has 1 heteroatoms. The molecular formula is C9H12O. The highest BCUT2D eigenvalue weighted by Crippen LogP contribution is 1.82. The van der Waals surface area contributed by atoms with E-state index >= 15 is 0 Å². The van der Waals surface area contributed by atoms with Crippen molar-refractivity contribution in [1.29, 1.82) is 0 Å². The van der Waals surface area contributed by atoms with Crippen molar-refractivity contribution in [2.75, 3.05) is 6.61 Å². The maximum Gasteiger partial charge on any atom is 0.0702 e. The van der Waals surface area contributed by atoms with Crippen molar-refractivity contribution >= 4 is 0 Å². The molecule has 0 aliphatic carbocycles. The summed E-state index contributed by atoms with van der Waals surface area (Å²) < 4.78 is 0. The van der Waals surface area contributed by atoms with Crippen LogP contribution in [-0.2, 0) is 0 Å². The summed E-state index contributed by atoms with van der Waals surface area (Å²) in [6.45, 7) is 2.03. The molecule has 0 unspecified atom stereocenters. The molecule has 0 spiro atoms.